The number of carbonyl (C=O) groups is 1. The van der Waals surface area contributed by atoms with Crippen molar-refractivity contribution in [3.63, 3.8) is 0 Å². The third-order valence-electron chi connectivity index (χ3n) is 3.45. The molecule has 1 heterocycles. The molecular formula is C16H14N6O3. The summed E-state index contributed by atoms with van der Waals surface area (Å²) in [6, 6.07) is 13.5. The van der Waals surface area contributed by atoms with Crippen molar-refractivity contribution < 1.29 is 9.72 Å². The highest BCUT2D eigenvalue weighted by atomic mass is 16.6. The summed E-state index contributed by atoms with van der Waals surface area (Å²) in [6.45, 7) is 0.374. The number of nitrogens with one attached hydrogen (secondary N) is 1. The van der Waals surface area contributed by atoms with Gasteiger partial charge in [-0.15, -0.1) is 5.10 Å². The van der Waals surface area contributed by atoms with E-state index < -0.39 is 4.92 Å². The molecule has 0 radical (unpaired) electrons. The smallest absolute Gasteiger partial charge is 0.270 e. The Bertz CT molecular complexity index is 950. The Labute approximate surface area is 142 Å². The summed E-state index contributed by atoms with van der Waals surface area (Å²) < 4.78 is 1.65. The van der Waals surface area contributed by atoms with Crippen LogP contribution in [-0.2, 0) is 11.3 Å². The van der Waals surface area contributed by atoms with Crippen molar-refractivity contribution in [2.45, 2.75) is 13.0 Å². The molecule has 9 nitrogen and oxygen atoms in total. The van der Waals surface area contributed by atoms with Crippen LogP contribution in [0, 0.1) is 10.1 Å². The van der Waals surface area contributed by atoms with Gasteiger partial charge in [0.25, 0.3) is 5.69 Å². The van der Waals surface area contributed by atoms with Crippen LogP contribution in [0.15, 0.2) is 53.6 Å². The predicted octanol–water partition coefficient (Wildman–Crippen LogP) is 1.88. The van der Waals surface area contributed by atoms with E-state index in [9.17, 15) is 14.9 Å². The monoisotopic (exact) mass is 338 g/mol. The minimum Gasteiger partial charge on any atom is -0.273 e. The van der Waals surface area contributed by atoms with Gasteiger partial charge in [-0.3, -0.25) is 14.9 Å². The number of benzene rings is 2. The lowest BCUT2D eigenvalue weighted by Crippen LogP contribution is -2.19. The van der Waals surface area contributed by atoms with Crippen LogP contribution in [0.5, 0.6) is 0 Å². The SMILES string of the molecule is O=C(CCn1nnc2ccccc21)N/N=C/c1cccc([N+](=O)[O-])c1. The molecule has 1 N–H and O–H groups in total. The molecule has 0 aliphatic carbocycles. The molecule has 3 aromatic rings. The molecule has 0 saturated heterocycles. The van der Waals surface area contributed by atoms with Crippen LogP contribution in [0.3, 0.4) is 0 Å². The lowest BCUT2D eigenvalue weighted by atomic mass is 10.2. The number of rotatable bonds is 6. The van der Waals surface area contributed by atoms with Gasteiger partial charge in [0, 0.05) is 24.1 Å². The van der Waals surface area contributed by atoms with E-state index in [1.165, 1.54) is 18.3 Å². The minimum absolute atomic E-state index is 0.0339. The second-order valence-corrected chi connectivity index (χ2v) is 5.20. The summed E-state index contributed by atoms with van der Waals surface area (Å²) in [6.07, 6.45) is 1.54. The van der Waals surface area contributed by atoms with Crippen LogP contribution in [0.1, 0.15) is 12.0 Å². The van der Waals surface area contributed by atoms with E-state index in [4.69, 9.17) is 0 Å². The summed E-state index contributed by atoms with van der Waals surface area (Å²) in [4.78, 5) is 22.1. The number of hydrazone groups is 1. The van der Waals surface area contributed by atoms with E-state index in [2.05, 4.69) is 20.8 Å². The van der Waals surface area contributed by atoms with Crippen molar-refractivity contribution in [2.24, 2.45) is 5.10 Å². The Morgan fingerprint density at radius 2 is 2.12 bits per heavy atom. The number of fused-ring (bicyclic) bond motifs is 1. The molecule has 0 saturated carbocycles. The zero-order valence-corrected chi connectivity index (χ0v) is 13.1. The van der Waals surface area contributed by atoms with Crippen LogP contribution in [0.25, 0.3) is 11.0 Å². The third-order valence-corrected chi connectivity index (χ3v) is 3.45. The number of nitrogens with zero attached hydrogens (tertiary/aromatic N) is 5. The number of amides is 1. The number of aryl methyl sites for hydroxylation is 1. The number of nitro benzene ring substituents is 1. The Kier molecular flexibility index (Phi) is 4.74. The highest BCUT2D eigenvalue weighted by molar-refractivity contribution is 5.83. The van der Waals surface area contributed by atoms with Crippen molar-refractivity contribution in [3.05, 3.63) is 64.2 Å². The summed E-state index contributed by atoms with van der Waals surface area (Å²) in [5.41, 5.74) is 4.51. The number of carbonyl (C=O) groups excluding carboxylic acids is 1. The summed E-state index contributed by atoms with van der Waals surface area (Å²) in [7, 11) is 0. The summed E-state index contributed by atoms with van der Waals surface area (Å²) in [5, 5.41) is 22.5. The van der Waals surface area contributed by atoms with Gasteiger partial charge in [-0.05, 0) is 12.1 Å². The highest BCUT2D eigenvalue weighted by Crippen LogP contribution is 2.11. The second-order valence-electron chi connectivity index (χ2n) is 5.20. The highest BCUT2D eigenvalue weighted by Gasteiger charge is 2.06. The molecule has 0 aliphatic rings. The Morgan fingerprint density at radius 3 is 2.96 bits per heavy atom. The van der Waals surface area contributed by atoms with E-state index in [-0.39, 0.29) is 18.0 Å². The second kappa shape index (κ2) is 7.30. The van der Waals surface area contributed by atoms with Crippen LogP contribution in [0.2, 0.25) is 0 Å². The molecular weight excluding hydrogens is 324 g/mol. The maximum atomic E-state index is 11.8. The molecule has 126 valence electrons. The molecule has 1 amide bonds. The first kappa shape index (κ1) is 16.2. The maximum Gasteiger partial charge on any atom is 0.270 e. The zero-order chi connectivity index (χ0) is 17.6. The van der Waals surface area contributed by atoms with Gasteiger partial charge in [0.05, 0.1) is 23.2 Å². The number of non-ortho nitro benzene ring substituents is 1. The number of nitro groups is 1. The van der Waals surface area contributed by atoms with Crippen LogP contribution in [0.4, 0.5) is 5.69 Å². The fourth-order valence-electron chi connectivity index (χ4n) is 2.24. The average molecular weight is 338 g/mol. The molecule has 25 heavy (non-hydrogen) atoms. The van der Waals surface area contributed by atoms with E-state index in [1.54, 1.807) is 16.8 Å². The maximum absolute atomic E-state index is 11.8. The first-order valence-corrected chi connectivity index (χ1v) is 7.48. The summed E-state index contributed by atoms with van der Waals surface area (Å²) >= 11 is 0. The van der Waals surface area contributed by atoms with E-state index >= 15 is 0 Å². The first-order valence-electron chi connectivity index (χ1n) is 7.48. The molecule has 3 rings (SSSR count). The summed E-state index contributed by atoms with van der Waals surface area (Å²) in [5.74, 6) is -0.290. The number of hydrogen-bond acceptors (Lipinski definition) is 6. The van der Waals surface area contributed by atoms with Crippen molar-refractivity contribution in [3.8, 4) is 0 Å². The molecule has 0 atom stereocenters. The molecule has 1 aromatic heterocycles. The first-order chi connectivity index (χ1) is 12.1. The fourth-order valence-corrected chi connectivity index (χ4v) is 2.24. The lowest BCUT2D eigenvalue weighted by Gasteiger charge is -2.01. The molecule has 0 spiro atoms. The predicted molar refractivity (Wildman–Crippen MR) is 91.0 cm³/mol. The molecule has 9 heteroatoms. The van der Waals surface area contributed by atoms with Gasteiger partial charge < -0.3 is 0 Å². The number of hydrogen-bond donors (Lipinski definition) is 1. The van der Waals surface area contributed by atoms with E-state index in [1.807, 2.05) is 24.3 Å². The molecule has 0 unspecified atom stereocenters. The fraction of sp³-hybridized carbons (Fsp3) is 0.125. The van der Waals surface area contributed by atoms with Gasteiger partial charge in [0.2, 0.25) is 5.91 Å². The Balaban J connectivity index is 1.54. The Morgan fingerprint density at radius 1 is 1.28 bits per heavy atom. The van der Waals surface area contributed by atoms with Crippen molar-refractivity contribution in [1.29, 1.82) is 0 Å². The average Bonchev–Trinajstić information content (AvgIpc) is 3.03. The van der Waals surface area contributed by atoms with Gasteiger partial charge in [-0.2, -0.15) is 5.10 Å². The quantitative estimate of drug-likeness (QED) is 0.418. The standard InChI is InChI=1S/C16H14N6O3/c23-16(8-9-21-15-7-2-1-6-14(15)18-20-21)19-17-11-12-4-3-5-13(10-12)22(24)25/h1-7,10-11H,8-9H2,(H,19,23)/b17-11+. The van der Waals surface area contributed by atoms with Crippen molar-refractivity contribution in [1.82, 2.24) is 20.4 Å². The van der Waals surface area contributed by atoms with Gasteiger partial charge in [0.15, 0.2) is 0 Å². The normalized spacial score (nSPS) is 11.0. The van der Waals surface area contributed by atoms with Crippen molar-refractivity contribution in [2.75, 3.05) is 0 Å². The Hall–Kier alpha value is -3.62. The minimum atomic E-state index is -0.488. The molecule has 0 aliphatic heterocycles. The third kappa shape index (κ3) is 4.02. The molecule has 0 bridgehead atoms. The van der Waals surface area contributed by atoms with Crippen molar-refractivity contribution >= 4 is 28.8 Å². The zero-order valence-electron chi connectivity index (χ0n) is 13.1. The van der Waals surface area contributed by atoms with Crippen LogP contribution in [-0.4, -0.2) is 32.0 Å². The van der Waals surface area contributed by atoms with Crippen LogP contribution < -0.4 is 5.43 Å². The van der Waals surface area contributed by atoms with Crippen LogP contribution >= 0.6 is 0 Å². The lowest BCUT2D eigenvalue weighted by molar-refractivity contribution is -0.384. The van der Waals surface area contributed by atoms with Gasteiger partial charge in [-0.1, -0.05) is 29.5 Å². The molecule has 0 fully saturated rings. The number of para-hydroxylation sites is 1. The van der Waals surface area contributed by atoms with E-state index in [0.717, 1.165) is 11.0 Å². The van der Waals surface area contributed by atoms with Gasteiger partial charge in [0.1, 0.15) is 5.52 Å². The molecule has 2 aromatic carbocycles. The van der Waals surface area contributed by atoms with Gasteiger partial charge >= 0.3 is 0 Å². The van der Waals surface area contributed by atoms with E-state index in [0.29, 0.717) is 12.1 Å². The topological polar surface area (TPSA) is 115 Å². The van der Waals surface area contributed by atoms with Gasteiger partial charge in [-0.25, -0.2) is 10.1 Å². The largest absolute Gasteiger partial charge is 0.273 e. The number of aromatic nitrogens is 3.